The van der Waals surface area contributed by atoms with Gasteiger partial charge in [-0.15, -0.1) is 0 Å². The van der Waals surface area contributed by atoms with Crippen LogP contribution in [0.15, 0.2) is 0 Å². The van der Waals surface area contributed by atoms with Crippen LogP contribution >= 0.6 is 0 Å². The Labute approximate surface area is 185 Å². The largest absolute Gasteiger partial charge is 0.393 e. The van der Waals surface area contributed by atoms with Crippen LogP contribution in [-0.4, -0.2) is 33.1 Å². The molecule has 3 heteroatoms. The molecule has 4 fully saturated rings. The molecule has 0 aromatic heterocycles. The molecule has 30 heavy (non-hydrogen) atoms. The van der Waals surface area contributed by atoms with Crippen LogP contribution in [0, 0.1) is 46.3 Å². The highest BCUT2D eigenvalue weighted by atomic mass is 16.3. The van der Waals surface area contributed by atoms with Crippen LogP contribution in [0.2, 0.25) is 0 Å². The van der Waals surface area contributed by atoms with Gasteiger partial charge in [0.2, 0.25) is 0 Å². The maximum absolute atomic E-state index is 11.6. The molecule has 0 aromatic carbocycles. The van der Waals surface area contributed by atoms with Crippen molar-refractivity contribution in [3.63, 3.8) is 0 Å². The first-order valence-electron chi connectivity index (χ1n) is 13.1. The highest BCUT2D eigenvalue weighted by molar-refractivity contribution is 5.17. The summed E-state index contributed by atoms with van der Waals surface area (Å²) in [6.45, 7) is 12.0. The third-order valence-corrected chi connectivity index (χ3v) is 11.0. The smallest absolute Gasteiger partial charge is 0.0985 e. The molecule has 0 aromatic rings. The zero-order chi connectivity index (χ0) is 21.9. The van der Waals surface area contributed by atoms with Gasteiger partial charge in [-0.05, 0) is 85.9 Å². The average Bonchev–Trinajstić information content (AvgIpc) is 3.01. The molecule has 0 aliphatic heterocycles. The molecule has 7 unspecified atom stereocenters. The van der Waals surface area contributed by atoms with E-state index in [0.717, 1.165) is 37.0 Å². The van der Waals surface area contributed by atoms with Crippen molar-refractivity contribution < 1.29 is 15.3 Å². The molecular formula is C27H48O3. The second-order valence-electron chi connectivity index (χ2n) is 12.9. The Hall–Kier alpha value is -0.120. The van der Waals surface area contributed by atoms with Gasteiger partial charge in [-0.3, -0.25) is 0 Å². The lowest BCUT2D eigenvalue weighted by atomic mass is 9.42. The molecule has 3 N–H and O–H groups in total. The molecule has 0 saturated heterocycles. The molecule has 0 radical (unpaired) electrons. The fourth-order valence-corrected chi connectivity index (χ4v) is 9.29. The predicted molar refractivity (Wildman–Crippen MR) is 122 cm³/mol. The first-order valence-corrected chi connectivity index (χ1v) is 13.1. The van der Waals surface area contributed by atoms with Crippen LogP contribution in [0.3, 0.4) is 0 Å². The minimum Gasteiger partial charge on any atom is -0.393 e. The molecule has 0 heterocycles. The quantitative estimate of drug-likeness (QED) is 0.546. The highest BCUT2D eigenvalue weighted by Crippen LogP contribution is 2.69. The van der Waals surface area contributed by atoms with Gasteiger partial charge < -0.3 is 15.3 Å². The minimum absolute atomic E-state index is 0.253. The topological polar surface area (TPSA) is 60.7 Å². The second kappa shape index (κ2) is 8.03. The van der Waals surface area contributed by atoms with E-state index >= 15 is 0 Å². The molecule has 0 amide bonds. The van der Waals surface area contributed by atoms with E-state index in [0.29, 0.717) is 29.6 Å². The van der Waals surface area contributed by atoms with Crippen LogP contribution < -0.4 is 0 Å². The van der Waals surface area contributed by atoms with E-state index in [4.69, 9.17) is 0 Å². The Morgan fingerprint density at radius 3 is 2.33 bits per heavy atom. The Balaban J connectivity index is 1.53. The number of hydrogen-bond acceptors (Lipinski definition) is 3. The van der Waals surface area contributed by atoms with Crippen LogP contribution in [0.1, 0.15) is 105 Å². The van der Waals surface area contributed by atoms with Gasteiger partial charge in [-0.25, -0.2) is 0 Å². The van der Waals surface area contributed by atoms with Crippen LogP contribution in [0.25, 0.3) is 0 Å². The molecule has 0 spiro atoms. The number of fused-ring (bicyclic) bond motifs is 5. The summed E-state index contributed by atoms with van der Waals surface area (Å²) in [6, 6.07) is 0. The molecule has 0 bridgehead atoms. The van der Waals surface area contributed by atoms with Crippen molar-refractivity contribution in [2.24, 2.45) is 46.3 Å². The predicted octanol–water partition coefficient (Wildman–Crippen LogP) is 5.55. The summed E-state index contributed by atoms with van der Waals surface area (Å²) in [5.41, 5.74) is -0.962. The van der Waals surface area contributed by atoms with Gasteiger partial charge in [0.25, 0.3) is 0 Å². The van der Waals surface area contributed by atoms with Crippen molar-refractivity contribution in [1.82, 2.24) is 0 Å². The summed E-state index contributed by atoms with van der Waals surface area (Å²) in [6.07, 6.45) is 10.7. The summed E-state index contributed by atoms with van der Waals surface area (Å²) in [5.74, 6) is 4.13. The minimum atomic E-state index is -1.11. The summed E-state index contributed by atoms with van der Waals surface area (Å²) in [7, 11) is 0. The van der Waals surface area contributed by atoms with E-state index in [2.05, 4.69) is 34.6 Å². The normalized spacial score (nSPS) is 51.9. The third-order valence-electron chi connectivity index (χ3n) is 11.0. The lowest BCUT2D eigenvalue weighted by molar-refractivity contribution is -0.264. The monoisotopic (exact) mass is 420 g/mol. The maximum atomic E-state index is 11.6. The van der Waals surface area contributed by atoms with E-state index < -0.39 is 17.8 Å². The zero-order valence-corrected chi connectivity index (χ0v) is 20.2. The van der Waals surface area contributed by atoms with Gasteiger partial charge in [0.15, 0.2) is 0 Å². The van der Waals surface area contributed by atoms with Crippen molar-refractivity contribution in [3.05, 3.63) is 0 Å². The van der Waals surface area contributed by atoms with Crippen molar-refractivity contribution >= 4 is 0 Å². The molecular weight excluding hydrogens is 372 g/mol. The van der Waals surface area contributed by atoms with E-state index in [1.165, 1.54) is 44.9 Å². The Kier molecular flexibility index (Phi) is 6.17. The lowest BCUT2D eigenvalue weighted by Gasteiger charge is -2.65. The fourth-order valence-electron chi connectivity index (χ4n) is 9.29. The average molecular weight is 421 g/mol. The molecule has 3 nitrogen and oxygen atoms in total. The van der Waals surface area contributed by atoms with Crippen molar-refractivity contribution in [2.45, 2.75) is 123 Å². The Morgan fingerprint density at radius 2 is 1.63 bits per heavy atom. The zero-order valence-electron chi connectivity index (χ0n) is 20.2. The van der Waals surface area contributed by atoms with Crippen molar-refractivity contribution in [2.75, 3.05) is 0 Å². The number of aliphatic hydroxyl groups is 3. The van der Waals surface area contributed by atoms with Crippen molar-refractivity contribution in [1.29, 1.82) is 0 Å². The lowest BCUT2D eigenvalue weighted by Crippen LogP contribution is -2.68. The fraction of sp³-hybridized carbons (Fsp3) is 1.00. The summed E-state index contributed by atoms with van der Waals surface area (Å²) >= 11 is 0. The number of hydrogen-bond donors (Lipinski definition) is 3. The molecule has 4 saturated carbocycles. The van der Waals surface area contributed by atoms with E-state index in [1.54, 1.807) is 0 Å². The van der Waals surface area contributed by atoms with Crippen molar-refractivity contribution in [3.8, 4) is 0 Å². The maximum Gasteiger partial charge on any atom is 0.0985 e. The first-order chi connectivity index (χ1) is 14.0. The van der Waals surface area contributed by atoms with Crippen LogP contribution in [0.4, 0.5) is 0 Å². The molecule has 4 rings (SSSR count). The van der Waals surface area contributed by atoms with E-state index in [-0.39, 0.29) is 5.41 Å². The molecule has 4 aliphatic rings. The van der Waals surface area contributed by atoms with Gasteiger partial charge in [0.05, 0.1) is 17.8 Å². The number of aliphatic hydroxyl groups excluding tert-OH is 2. The highest BCUT2D eigenvalue weighted by Gasteiger charge is 2.67. The Morgan fingerprint density at radius 1 is 0.900 bits per heavy atom. The molecule has 10 atom stereocenters. The van der Waals surface area contributed by atoms with Crippen LogP contribution in [-0.2, 0) is 0 Å². The van der Waals surface area contributed by atoms with Crippen LogP contribution in [0.5, 0.6) is 0 Å². The van der Waals surface area contributed by atoms with E-state index in [1.807, 2.05) is 0 Å². The summed E-state index contributed by atoms with van der Waals surface area (Å²) in [5, 5.41) is 33.0. The van der Waals surface area contributed by atoms with E-state index in [9.17, 15) is 15.3 Å². The van der Waals surface area contributed by atoms with Gasteiger partial charge in [0.1, 0.15) is 0 Å². The molecule has 4 aliphatic carbocycles. The van der Waals surface area contributed by atoms with Gasteiger partial charge in [0, 0.05) is 11.8 Å². The summed E-state index contributed by atoms with van der Waals surface area (Å²) < 4.78 is 0. The molecule has 174 valence electrons. The SMILES string of the molecule is CC(C)CCC[C@H](C)C1CCC2C3CC(O)C4(O)CC(O)CC[C@]4(C)C3CC[C@@]21C. The first kappa shape index (κ1) is 23.1. The number of rotatable bonds is 5. The Bertz CT molecular complexity index is 619. The van der Waals surface area contributed by atoms with Gasteiger partial charge >= 0.3 is 0 Å². The second-order valence-corrected chi connectivity index (χ2v) is 12.9. The van der Waals surface area contributed by atoms with Gasteiger partial charge in [-0.1, -0.05) is 53.9 Å². The van der Waals surface area contributed by atoms with Gasteiger partial charge in [-0.2, -0.15) is 0 Å². The summed E-state index contributed by atoms with van der Waals surface area (Å²) in [4.78, 5) is 0. The third kappa shape index (κ3) is 3.41. The standard InChI is InChI=1S/C27H48O3/c1-17(2)7-6-8-18(3)21-9-10-22-20-15-24(29)27(30)16-19(28)11-14-26(27,5)23(20)12-13-25(21,22)4/h17-24,28-30H,6-16H2,1-5H3/t18-,19?,20?,21?,22?,23?,24?,25+,26+,27?/m0/s1.